The van der Waals surface area contributed by atoms with Crippen molar-refractivity contribution < 1.29 is 28.3 Å². The summed E-state index contributed by atoms with van der Waals surface area (Å²) in [4.78, 5) is 37.8. The van der Waals surface area contributed by atoms with Gasteiger partial charge in [-0.2, -0.15) is 8.78 Å². The van der Waals surface area contributed by atoms with Gasteiger partial charge in [0, 0.05) is 16.9 Å². The quantitative estimate of drug-likeness (QED) is 0.233. The van der Waals surface area contributed by atoms with Crippen molar-refractivity contribution in [3.05, 3.63) is 93.5 Å². The number of nitrogens with zero attached hydrogens (tertiary/aromatic N) is 1. The Balaban J connectivity index is 1.52. The van der Waals surface area contributed by atoms with Crippen molar-refractivity contribution in [2.45, 2.75) is 50.5 Å². The average molecular weight is 604 g/mol. The second-order valence-electron chi connectivity index (χ2n) is 9.96. The molecular formula is C30H29Cl2F2N3O4. The van der Waals surface area contributed by atoms with Crippen LogP contribution in [0, 0.1) is 0 Å². The molecule has 216 valence electrons. The van der Waals surface area contributed by atoms with Crippen molar-refractivity contribution in [2.24, 2.45) is 0 Å². The van der Waals surface area contributed by atoms with Gasteiger partial charge in [-0.15, -0.1) is 0 Å². The van der Waals surface area contributed by atoms with Crippen LogP contribution in [0.2, 0.25) is 10.0 Å². The second-order valence-corrected chi connectivity index (χ2v) is 10.8. The number of hydrogen-bond donors (Lipinski definition) is 3. The molecule has 0 radical (unpaired) electrons. The molecule has 0 unspecified atom stereocenters. The highest BCUT2D eigenvalue weighted by atomic mass is 35.5. The Kier molecular flexibility index (Phi) is 9.83. The lowest BCUT2D eigenvalue weighted by atomic mass is 9.84. The number of benzene rings is 3. The number of hydrogen-bond acceptors (Lipinski definition) is 3. The van der Waals surface area contributed by atoms with Gasteiger partial charge in [0.2, 0.25) is 0 Å². The fourth-order valence-electron chi connectivity index (χ4n) is 4.72. The van der Waals surface area contributed by atoms with Crippen LogP contribution >= 0.6 is 23.2 Å². The van der Waals surface area contributed by atoms with E-state index in [9.17, 15) is 23.2 Å². The maximum atomic E-state index is 13.5. The Hall–Kier alpha value is -3.69. The zero-order valence-corrected chi connectivity index (χ0v) is 23.5. The number of carboxylic acid groups (broad SMARTS) is 1. The first kappa shape index (κ1) is 30.3. The van der Waals surface area contributed by atoms with E-state index < -0.39 is 30.4 Å². The SMILES string of the molecule is O=C(NCC(F)(F)C(=O)O)c1ccc(CN(C(=O)Nc2ccc(Cl)c(Cl)c2)c2ccc(C3CCCCC3)cc2)cc1. The Bertz CT molecular complexity index is 1400. The number of anilines is 2. The van der Waals surface area contributed by atoms with Crippen LogP contribution in [0.25, 0.3) is 0 Å². The van der Waals surface area contributed by atoms with Crippen LogP contribution in [0.5, 0.6) is 0 Å². The summed E-state index contributed by atoms with van der Waals surface area (Å²) in [7, 11) is 0. The number of amides is 3. The van der Waals surface area contributed by atoms with Crippen LogP contribution in [0.3, 0.4) is 0 Å². The fraction of sp³-hybridized carbons (Fsp3) is 0.300. The van der Waals surface area contributed by atoms with Gasteiger partial charge >= 0.3 is 17.9 Å². The third kappa shape index (κ3) is 7.95. The van der Waals surface area contributed by atoms with Gasteiger partial charge in [-0.3, -0.25) is 9.69 Å². The molecule has 1 aliphatic carbocycles. The van der Waals surface area contributed by atoms with Crippen LogP contribution in [0.1, 0.15) is 59.5 Å². The number of nitrogens with one attached hydrogen (secondary N) is 2. The monoisotopic (exact) mass is 603 g/mol. The van der Waals surface area contributed by atoms with Crippen molar-refractivity contribution in [2.75, 3.05) is 16.8 Å². The lowest BCUT2D eigenvalue weighted by Gasteiger charge is -2.26. The highest BCUT2D eigenvalue weighted by molar-refractivity contribution is 6.42. The molecule has 3 aromatic rings. The standard InChI is InChI=1S/C30H29Cl2F2N3O4/c31-25-15-12-23(16-26(25)32)36-29(41)37(24-13-10-21(11-14-24)20-4-2-1-3-5-20)17-19-6-8-22(9-7-19)27(38)35-18-30(33,34)28(39)40/h6-16,20H,1-5,17-18H2,(H,35,38)(H,36,41)(H,39,40). The van der Waals surface area contributed by atoms with E-state index >= 15 is 0 Å². The number of carboxylic acids is 1. The second kappa shape index (κ2) is 13.3. The predicted octanol–water partition coefficient (Wildman–Crippen LogP) is 7.73. The van der Waals surface area contributed by atoms with Crippen LogP contribution < -0.4 is 15.5 Å². The van der Waals surface area contributed by atoms with Crippen LogP contribution in [0.4, 0.5) is 25.0 Å². The van der Waals surface area contributed by atoms with Crippen molar-refractivity contribution in [1.82, 2.24) is 5.32 Å². The van der Waals surface area contributed by atoms with E-state index in [1.807, 2.05) is 29.6 Å². The minimum absolute atomic E-state index is 0.0681. The number of urea groups is 1. The van der Waals surface area contributed by atoms with Gasteiger partial charge in [0.25, 0.3) is 5.91 Å². The topological polar surface area (TPSA) is 98.7 Å². The van der Waals surface area contributed by atoms with E-state index in [0.29, 0.717) is 32.9 Å². The van der Waals surface area contributed by atoms with E-state index in [2.05, 4.69) is 5.32 Å². The molecule has 0 heterocycles. The molecule has 7 nitrogen and oxygen atoms in total. The molecule has 0 spiro atoms. The van der Waals surface area contributed by atoms with Gasteiger partial charge in [0.05, 0.1) is 23.1 Å². The molecule has 3 aromatic carbocycles. The molecule has 3 amide bonds. The number of aliphatic carboxylic acids is 1. The van der Waals surface area contributed by atoms with Gasteiger partial charge in [-0.1, -0.05) is 66.7 Å². The molecule has 1 saturated carbocycles. The lowest BCUT2D eigenvalue weighted by molar-refractivity contribution is -0.163. The third-order valence-corrected chi connectivity index (χ3v) is 7.78. The zero-order valence-electron chi connectivity index (χ0n) is 22.0. The van der Waals surface area contributed by atoms with Crippen LogP contribution in [0.15, 0.2) is 66.7 Å². The molecule has 0 aliphatic heterocycles. The molecule has 3 N–H and O–H groups in total. The predicted molar refractivity (Wildman–Crippen MR) is 155 cm³/mol. The summed E-state index contributed by atoms with van der Waals surface area (Å²) in [5, 5.41) is 13.9. The summed E-state index contributed by atoms with van der Waals surface area (Å²) in [6.45, 7) is -1.20. The van der Waals surface area contributed by atoms with Gasteiger partial charge < -0.3 is 15.7 Å². The first-order chi connectivity index (χ1) is 19.5. The summed E-state index contributed by atoms with van der Waals surface area (Å²) < 4.78 is 26.6. The average Bonchev–Trinajstić information content (AvgIpc) is 2.97. The van der Waals surface area contributed by atoms with E-state index in [-0.39, 0.29) is 12.1 Å². The summed E-state index contributed by atoms with van der Waals surface area (Å²) in [5.41, 5.74) is 3.08. The minimum atomic E-state index is -4.08. The summed E-state index contributed by atoms with van der Waals surface area (Å²) in [5.74, 6) is -6.74. The molecule has 0 saturated heterocycles. The maximum Gasteiger partial charge on any atom is 0.376 e. The van der Waals surface area contributed by atoms with Gasteiger partial charge in [-0.05, 0) is 72.4 Å². The first-order valence-corrected chi connectivity index (χ1v) is 13.9. The molecule has 41 heavy (non-hydrogen) atoms. The molecule has 4 rings (SSSR count). The Morgan fingerprint density at radius 1 is 0.902 bits per heavy atom. The van der Waals surface area contributed by atoms with E-state index in [1.165, 1.54) is 41.9 Å². The smallest absolute Gasteiger partial charge is 0.376 e. The molecule has 0 aromatic heterocycles. The maximum absolute atomic E-state index is 13.5. The van der Waals surface area contributed by atoms with E-state index in [0.717, 1.165) is 12.8 Å². The van der Waals surface area contributed by atoms with Crippen LogP contribution in [-0.4, -0.2) is 35.5 Å². The van der Waals surface area contributed by atoms with Crippen molar-refractivity contribution >= 4 is 52.5 Å². The Morgan fingerprint density at radius 2 is 1.56 bits per heavy atom. The summed E-state index contributed by atoms with van der Waals surface area (Å²) in [6.07, 6.45) is 5.97. The summed E-state index contributed by atoms with van der Waals surface area (Å²) in [6, 6.07) is 18.3. The fourth-order valence-corrected chi connectivity index (χ4v) is 5.02. The molecular weight excluding hydrogens is 575 g/mol. The molecule has 0 atom stereocenters. The molecule has 11 heteroatoms. The number of alkyl halides is 2. The number of carbonyl (C=O) groups is 3. The number of rotatable bonds is 9. The van der Waals surface area contributed by atoms with E-state index in [1.54, 1.807) is 30.3 Å². The Labute approximate surface area is 246 Å². The Morgan fingerprint density at radius 3 is 2.17 bits per heavy atom. The third-order valence-electron chi connectivity index (χ3n) is 7.04. The van der Waals surface area contributed by atoms with Crippen molar-refractivity contribution in [3.63, 3.8) is 0 Å². The largest absolute Gasteiger partial charge is 0.477 e. The normalized spacial score (nSPS) is 13.9. The lowest BCUT2D eigenvalue weighted by Crippen LogP contribution is -2.42. The van der Waals surface area contributed by atoms with Gasteiger partial charge in [-0.25, -0.2) is 9.59 Å². The molecule has 1 aliphatic rings. The summed E-state index contributed by atoms with van der Waals surface area (Å²) >= 11 is 12.1. The minimum Gasteiger partial charge on any atom is -0.477 e. The van der Waals surface area contributed by atoms with Crippen molar-refractivity contribution in [1.29, 1.82) is 0 Å². The number of halogens is 4. The highest BCUT2D eigenvalue weighted by Crippen LogP contribution is 2.34. The van der Waals surface area contributed by atoms with Crippen LogP contribution in [-0.2, 0) is 11.3 Å². The highest BCUT2D eigenvalue weighted by Gasteiger charge is 2.39. The van der Waals surface area contributed by atoms with Gasteiger partial charge in [0.15, 0.2) is 0 Å². The zero-order chi connectivity index (χ0) is 29.6. The van der Waals surface area contributed by atoms with E-state index in [4.69, 9.17) is 28.3 Å². The molecule has 1 fully saturated rings. The van der Waals surface area contributed by atoms with Gasteiger partial charge in [0.1, 0.15) is 0 Å². The molecule has 0 bridgehead atoms. The van der Waals surface area contributed by atoms with Crippen molar-refractivity contribution in [3.8, 4) is 0 Å². The number of carbonyl (C=O) groups excluding carboxylic acids is 2. The first-order valence-electron chi connectivity index (χ1n) is 13.2.